The largest absolute Gasteiger partial charge is 0.506 e. The van der Waals surface area contributed by atoms with Gasteiger partial charge in [0, 0.05) is 5.69 Å². The first-order valence-electron chi connectivity index (χ1n) is 6.16. The van der Waals surface area contributed by atoms with Gasteiger partial charge in [-0.1, -0.05) is 17.7 Å². The van der Waals surface area contributed by atoms with E-state index >= 15 is 0 Å². The SMILES string of the molecule is Cc1ccc(NC(=O)Nc2ccc(C(=O)O)cc2O)cc1. The van der Waals surface area contributed by atoms with Crippen LogP contribution in [0.3, 0.4) is 0 Å². The van der Waals surface area contributed by atoms with Crippen molar-refractivity contribution < 1.29 is 19.8 Å². The average Bonchev–Trinajstić information content (AvgIpc) is 2.43. The van der Waals surface area contributed by atoms with Crippen LogP contribution < -0.4 is 10.6 Å². The summed E-state index contributed by atoms with van der Waals surface area (Å²) in [5.41, 5.74) is 1.75. The van der Waals surface area contributed by atoms with Crippen molar-refractivity contribution in [1.29, 1.82) is 0 Å². The highest BCUT2D eigenvalue weighted by atomic mass is 16.4. The van der Waals surface area contributed by atoms with Gasteiger partial charge in [-0.25, -0.2) is 9.59 Å². The first kappa shape index (κ1) is 14.4. The minimum atomic E-state index is -1.15. The molecule has 2 rings (SSSR count). The van der Waals surface area contributed by atoms with E-state index in [-0.39, 0.29) is 17.0 Å². The number of aromatic hydroxyl groups is 1. The second kappa shape index (κ2) is 5.96. The lowest BCUT2D eigenvalue weighted by Crippen LogP contribution is -2.19. The van der Waals surface area contributed by atoms with Gasteiger partial charge in [0.05, 0.1) is 11.3 Å². The first-order chi connectivity index (χ1) is 9.95. The molecule has 2 amide bonds. The number of carboxylic acids is 1. The van der Waals surface area contributed by atoms with Gasteiger partial charge >= 0.3 is 12.0 Å². The van der Waals surface area contributed by atoms with Crippen molar-refractivity contribution in [2.24, 2.45) is 0 Å². The van der Waals surface area contributed by atoms with Gasteiger partial charge < -0.3 is 20.8 Å². The van der Waals surface area contributed by atoms with E-state index in [1.54, 1.807) is 12.1 Å². The molecule has 0 unspecified atom stereocenters. The summed E-state index contributed by atoms with van der Waals surface area (Å²) in [6, 6.07) is 10.4. The van der Waals surface area contributed by atoms with Gasteiger partial charge in [0.1, 0.15) is 5.75 Å². The molecule has 0 aliphatic carbocycles. The lowest BCUT2D eigenvalue weighted by atomic mass is 10.2. The summed E-state index contributed by atoms with van der Waals surface area (Å²) in [4.78, 5) is 22.5. The van der Waals surface area contributed by atoms with Crippen LogP contribution in [0.25, 0.3) is 0 Å². The maximum atomic E-state index is 11.8. The molecule has 6 nitrogen and oxygen atoms in total. The molecule has 108 valence electrons. The quantitative estimate of drug-likeness (QED) is 0.652. The molecule has 0 aliphatic rings. The minimum Gasteiger partial charge on any atom is -0.506 e. The number of aromatic carboxylic acids is 1. The van der Waals surface area contributed by atoms with Crippen molar-refractivity contribution >= 4 is 23.4 Å². The number of phenolic OH excluding ortho intramolecular Hbond substituents is 1. The lowest BCUT2D eigenvalue weighted by Gasteiger charge is -2.09. The van der Waals surface area contributed by atoms with E-state index in [1.807, 2.05) is 19.1 Å². The molecule has 0 spiro atoms. The van der Waals surface area contributed by atoms with Crippen molar-refractivity contribution in [1.82, 2.24) is 0 Å². The number of hydrogen-bond acceptors (Lipinski definition) is 3. The molecule has 0 heterocycles. The van der Waals surface area contributed by atoms with Gasteiger partial charge in [-0.05, 0) is 37.3 Å². The number of amides is 2. The predicted molar refractivity (Wildman–Crippen MR) is 78.9 cm³/mol. The predicted octanol–water partition coefficient (Wildman–Crippen LogP) is 3.04. The Morgan fingerprint density at radius 1 is 1.00 bits per heavy atom. The van der Waals surface area contributed by atoms with Gasteiger partial charge in [-0.2, -0.15) is 0 Å². The molecule has 0 saturated carbocycles. The van der Waals surface area contributed by atoms with Crippen LogP contribution in [0.4, 0.5) is 16.2 Å². The highest BCUT2D eigenvalue weighted by molar-refractivity contribution is 6.01. The first-order valence-corrected chi connectivity index (χ1v) is 6.16. The fraction of sp³-hybridized carbons (Fsp3) is 0.0667. The maximum absolute atomic E-state index is 11.8. The Bertz CT molecular complexity index is 681. The third-order valence-corrected chi connectivity index (χ3v) is 2.80. The van der Waals surface area contributed by atoms with Gasteiger partial charge in [0.15, 0.2) is 0 Å². The van der Waals surface area contributed by atoms with E-state index in [4.69, 9.17) is 5.11 Å². The summed E-state index contributed by atoms with van der Waals surface area (Å²) in [5, 5.41) is 23.5. The van der Waals surface area contributed by atoms with Crippen LogP contribution >= 0.6 is 0 Å². The molecule has 2 aromatic rings. The molecule has 0 bridgehead atoms. The number of carbonyl (C=O) groups excluding carboxylic acids is 1. The number of carboxylic acid groups (broad SMARTS) is 1. The monoisotopic (exact) mass is 286 g/mol. The van der Waals surface area contributed by atoms with Crippen molar-refractivity contribution in [2.45, 2.75) is 6.92 Å². The zero-order valence-corrected chi connectivity index (χ0v) is 11.3. The second-order valence-electron chi connectivity index (χ2n) is 4.48. The molecular weight excluding hydrogens is 272 g/mol. The number of rotatable bonds is 3. The summed E-state index contributed by atoms with van der Waals surface area (Å²) in [7, 11) is 0. The van der Waals surface area contributed by atoms with E-state index < -0.39 is 12.0 Å². The number of hydrogen-bond donors (Lipinski definition) is 4. The molecule has 0 fully saturated rings. The molecule has 2 aromatic carbocycles. The molecule has 0 atom stereocenters. The summed E-state index contributed by atoms with van der Waals surface area (Å²) in [6.45, 7) is 1.94. The normalized spacial score (nSPS) is 9.95. The van der Waals surface area contributed by atoms with E-state index in [0.29, 0.717) is 5.69 Å². The Morgan fingerprint density at radius 3 is 2.24 bits per heavy atom. The van der Waals surface area contributed by atoms with E-state index in [1.165, 1.54) is 12.1 Å². The molecule has 0 saturated heterocycles. The van der Waals surface area contributed by atoms with Crippen LogP contribution in [0.15, 0.2) is 42.5 Å². The minimum absolute atomic E-state index is 0.0583. The van der Waals surface area contributed by atoms with Crippen LogP contribution in [-0.2, 0) is 0 Å². The smallest absolute Gasteiger partial charge is 0.335 e. The fourth-order valence-electron chi connectivity index (χ4n) is 1.69. The van der Waals surface area contributed by atoms with Crippen LogP contribution in [0, 0.1) is 6.92 Å². The van der Waals surface area contributed by atoms with Gasteiger partial charge in [-0.15, -0.1) is 0 Å². The summed E-state index contributed by atoms with van der Waals surface area (Å²) in [6.07, 6.45) is 0. The second-order valence-corrected chi connectivity index (χ2v) is 4.48. The zero-order valence-electron chi connectivity index (χ0n) is 11.3. The van der Waals surface area contributed by atoms with Crippen LogP contribution in [0.5, 0.6) is 5.75 Å². The molecule has 0 aliphatic heterocycles. The standard InChI is InChI=1S/C15H14N2O4/c1-9-2-5-11(6-3-9)16-15(21)17-12-7-4-10(14(19)20)8-13(12)18/h2-8,18H,1H3,(H,19,20)(H2,16,17,21). The van der Waals surface area contributed by atoms with Crippen molar-refractivity contribution in [3.05, 3.63) is 53.6 Å². The highest BCUT2D eigenvalue weighted by Crippen LogP contribution is 2.24. The highest BCUT2D eigenvalue weighted by Gasteiger charge is 2.10. The van der Waals surface area contributed by atoms with E-state index in [9.17, 15) is 14.7 Å². The average molecular weight is 286 g/mol. The number of aryl methyl sites for hydroxylation is 1. The van der Waals surface area contributed by atoms with Crippen molar-refractivity contribution in [3.8, 4) is 5.75 Å². The number of carbonyl (C=O) groups is 2. The Morgan fingerprint density at radius 2 is 1.67 bits per heavy atom. The number of anilines is 2. The van der Waals surface area contributed by atoms with Gasteiger partial charge in [0.2, 0.25) is 0 Å². The molecule has 0 radical (unpaired) electrons. The van der Waals surface area contributed by atoms with E-state index in [0.717, 1.165) is 11.6 Å². The Labute approximate surface area is 121 Å². The topological polar surface area (TPSA) is 98.7 Å². The Kier molecular flexibility index (Phi) is 4.08. The molecule has 0 aromatic heterocycles. The Balaban J connectivity index is 2.06. The molecular formula is C15H14N2O4. The third-order valence-electron chi connectivity index (χ3n) is 2.80. The number of urea groups is 1. The lowest BCUT2D eigenvalue weighted by molar-refractivity contribution is 0.0696. The van der Waals surface area contributed by atoms with Gasteiger partial charge in [0.25, 0.3) is 0 Å². The van der Waals surface area contributed by atoms with Crippen molar-refractivity contribution in [3.63, 3.8) is 0 Å². The number of benzene rings is 2. The number of nitrogens with one attached hydrogen (secondary N) is 2. The van der Waals surface area contributed by atoms with Crippen molar-refractivity contribution in [2.75, 3.05) is 10.6 Å². The van der Waals surface area contributed by atoms with Gasteiger partial charge in [-0.3, -0.25) is 0 Å². The van der Waals surface area contributed by atoms with Crippen LogP contribution in [0.1, 0.15) is 15.9 Å². The number of phenols is 1. The third kappa shape index (κ3) is 3.73. The molecule has 6 heteroatoms. The molecule has 4 N–H and O–H groups in total. The fourth-order valence-corrected chi connectivity index (χ4v) is 1.69. The summed E-state index contributed by atoms with van der Waals surface area (Å²) < 4.78 is 0. The Hall–Kier alpha value is -3.02. The maximum Gasteiger partial charge on any atom is 0.335 e. The van der Waals surface area contributed by atoms with E-state index in [2.05, 4.69) is 10.6 Å². The summed E-state index contributed by atoms with van der Waals surface area (Å²) >= 11 is 0. The molecule has 21 heavy (non-hydrogen) atoms. The summed E-state index contributed by atoms with van der Waals surface area (Å²) in [5.74, 6) is -1.46. The van der Waals surface area contributed by atoms with Crippen LogP contribution in [0.2, 0.25) is 0 Å². The van der Waals surface area contributed by atoms with Crippen LogP contribution in [-0.4, -0.2) is 22.2 Å². The zero-order chi connectivity index (χ0) is 15.4.